The number of ketones is 2. The summed E-state index contributed by atoms with van der Waals surface area (Å²) < 4.78 is 5.47. The number of benzene rings is 1. The zero-order valence-corrected chi connectivity index (χ0v) is 13.6. The quantitative estimate of drug-likeness (QED) is 0.772. The number of furan rings is 1. The molecule has 3 rings (SSSR count). The van der Waals surface area contributed by atoms with E-state index in [9.17, 15) is 9.59 Å². The molecule has 0 aliphatic carbocycles. The van der Waals surface area contributed by atoms with Gasteiger partial charge in [0.2, 0.25) is 0 Å². The van der Waals surface area contributed by atoms with Crippen molar-refractivity contribution in [1.29, 1.82) is 0 Å². The lowest BCUT2D eigenvalue weighted by Gasteiger charge is -2.13. The van der Waals surface area contributed by atoms with Gasteiger partial charge >= 0.3 is 0 Å². The van der Waals surface area contributed by atoms with Crippen LogP contribution in [0.4, 0.5) is 5.69 Å². The van der Waals surface area contributed by atoms with Crippen LogP contribution in [-0.2, 0) is 9.59 Å². The number of hydrogen-bond donors (Lipinski definition) is 0. The summed E-state index contributed by atoms with van der Waals surface area (Å²) in [6.07, 6.45) is 2.69. The van der Waals surface area contributed by atoms with Gasteiger partial charge in [-0.1, -0.05) is 19.1 Å². The van der Waals surface area contributed by atoms with Crippen LogP contribution < -0.4 is 0 Å². The summed E-state index contributed by atoms with van der Waals surface area (Å²) in [6.45, 7) is 1.71. The van der Waals surface area contributed by atoms with E-state index in [-0.39, 0.29) is 29.7 Å². The first-order chi connectivity index (χ1) is 11.2. The van der Waals surface area contributed by atoms with Crippen molar-refractivity contribution < 1.29 is 14.0 Å². The van der Waals surface area contributed by atoms with Gasteiger partial charge in [0.1, 0.15) is 5.76 Å². The molecular formula is C18H17NO3S. The Morgan fingerprint density at radius 3 is 2.78 bits per heavy atom. The van der Waals surface area contributed by atoms with Gasteiger partial charge in [-0.15, -0.1) is 11.8 Å². The third kappa shape index (κ3) is 3.62. The highest BCUT2D eigenvalue weighted by Crippen LogP contribution is 2.39. The number of rotatable bonds is 5. The fourth-order valence-corrected chi connectivity index (χ4v) is 3.73. The minimum Gasteiger partial charge on any atom is -0.463 e. The molecule has 1 atom stereocenters. The van der Waals surface area contributed by atoms with Gasteiger partial charge in [-0.2, -0.15) is 0 Å². The molecular weight excluding hydrogens is 310 g/mol. The van der Waals surface area contributed by atoms with E-state index in [1.165, 1.54) is 0 Å². The Kier molecular flexibility index (Phi) is 4.76. The van der Waals surface area contributed by atoms with Crippen molar-refractivity contribution in [2.45, 2.75) is 36.3 Å². The maximum atomic E-state index is 12.0. The Bertz CT molecular complexity index is 749. The molecule has 1 aromatic heterocycles. The van der Waals surface area contributed by atoms with Gasteiger partial charge in [-0.25, -0.2) is 4.99 Å². The van der Waals surface area contributed by atoms with Crippen LogP contribution in [-0.4, -0.2) is 22.5 Å². The molecule has 0 bridgehead atoms. The van der Waals surface area contributed by atoms with Crippen molar-refractivity contribution in [2.75, 3.05) is 0 Å². The first kappa shape index (κ1) is 15.7. The molecule has 4 nitrogen and oxygen atoms in total. The Morgan fingerprint density at radius 2 is 2.04 bits per heavy atom. The molecule has 5 heteroatoms. The van der Waals surface area contributed by atoms with E-state index in [2.05, 4.69) is 0 Å². The molecule has 1 aliphatic heterocycles. The zero-order valence-electron chi connectivity index (χ0n) is 12.8. The number of carbonyl (C=O) groups excluding carboxylic acids is 2. The minimum absolute atomic E-state index is 0.0227. The molecule has 0 radical (unpaired) electrons. The molecule has 1 aliphatic rings. The molecule has 0 amide bonds. The standard InChI is InChI=1S/C18H17NO3S/c1-2-15(20)16(21)11-12-10-14(17-7-5-9-22-17)19-13-6-3-4-8-18(13)23-12/h3-9,12H,2,10-11H2,1H3/t12-/m1/s1. The summed E-state index contributed by atoms with van der Waals surface area (Å²) in [6, 6.07) is 11.5. The highest BCUT2D eigenvalue weighted by atomic mass is 32.2. The summed E-state index contributed by atoms with van der Waals surface area (Å²) in [5.41, 5.74) is 1.69. The average Bonchev–Trinajstić information content (AvgIpc) is 3.03. The molecule has 0 unspecified atom stereocenters. The van der Waals surface area contributed by atoms with Crippen molar-refractivity contribution in [3.63, 3.8) is 0 Å². The van der Waals surface area contributed by atoms with Crippen molar-refractivity contribution in [3.8, 4) is 0 Å². The lowest BCUT2D eigenvalue weighted by atomic mass is 10.0. The molecule has 23 heavy (non-hydrogen) atoms. The van der Waals surface area contributed by atoms with Crippen LogP contribution >= 0.6 is 11.8 Å². The van der Waals surface area contributed by atoms with Crippen LogP contribution in [0.25, 0.3) is 0 Å². The predicted octanol–water partition coefficient (Wildman–Crippen LogP) is 4.20. The lowest BCUT2D eigenvalue weighted by Crippen LogP contribution is -2.20. The van der Waals surface area contributed by atoms with Gasteiger partial charge in [0.25, 0.3) is 0 Å². The van der Waals surface area contributed by atoms with Gasteiger partial charge in [0.15, 0.2) is 11.6 Å². The second-order valence-corrected chi connectivity index (χ2v) is 6.69. The third-order valence-electron chi connectivity index (χ3n) is 3.69. The number of nitrogens with zero attached hydrogens (tertiary/aromatic N) is 1. The van der Waals surface area contributed by atoms with Gasteiger partial charge in [0, 0.05) is 29.4 Å². The SMILES string of the molecule is CCC(=O)C(=O)C[C@H]1CC(c2ccco2)=Nc2ccccc2S1. The molecule has 0 spiro atoms. The van der Waals surface area contributed by atoms with Crippen molar-refractivity contribution in [3.05, 3.63) is 48.4 Å². The van der Waals surface area contributed by atoms with Crippen LogP contribution in [0.2, 0.25) is 0 Å². The fourth-order valence-electron chi connectivity index (χ4n) is 2.51. The molecule has 0 saturated heterocycles. The van der Waals surface area contributed by atoms with E-state index in [0.717, 1.165) is 16.3 Å². The van der Waals surface area contributed by atoms with Crippen LogP contribution in [0.5, 0.6) is 0 Å². The molecule has 2 heterocycles. The maximum absolute atomic E-state index is 12.0. The number of thioether (sulfide) groups is 1. The number of hydrogen-bond acceptors (Lipinski definition) is 5. The molecule has 0 N–H and O–H groups in total. The smallest absolute Gasteiger partial charge is 0.199 e. The Hall–Kier alpha value is -2.14. The highest BCUT2D eigenvalue weighted by molar-refractivity contribution is 8.00. The van der Waals surface area contributed by atoms with E-state index in [0.29, 0.717) is 12.2 Å². The second kappa shape index (κ2) is 6.96. The monoisotopic (exact) mass is 327 g/mol. The summed E-state index contributed by atoms with van der Waals surface area (Å²) in [4.78, 5) is 29.4. The van der Waals surface area contributed by atoms with Crippen LogP contribution in [0.1, 0.15) is 31.9 Å². The number of aliphatic imine (C=N–C) groups is 1. The maximum Gasteiger partial charge on any atom is 0.199 e. The van der Waals surface area contributed by atoms with E-state index < -0.39 is 0 Å². The highest BCUT2D eigenvalue weighted by Gasteiger charge is 2.25. The molecule has 2 aromatic rings. The molecule has 0 fully saturated rings. The molecule has 1 aromatic carbocycles. The van der Waals surface area contributed by atoms with Gasteiger partial charge in [-0.05, 0) is 24.3 Å². The summed E-state index contributed by atoms with van der Waals surface area (Å²) in [5, 5.41) is -0.0227. The Labute approximate surface area is 139 Å². The summed E-state index contributed by atoms with van der Waals surface area (Å²) >= 11 is 1.61. The van der Waals surface area contributed by atoms with E-state index in [4.69, 9.17) is 9.41 Å². The normalized spacial score (nSPS) is 17.1. The van der Waals surface area contributed by atoms with E-state index in [1.54, 1.807) is 24.9 Å². The lowest BCUT2D eigenvalue weighted by molar-refractivity contribution is -0.136. The van der Waals surface area contributed by atoms with Crippen molar-refractivity contribution in [1.82, 2.24) is 0 Å². The summed E-state index contributed by atoms with van der Waals surface area (Å²) in [5.74, 6) is 0.101. The van der Waals surface area contributed by atoms with Crippen LogP contribution in [0.3, 0.4) is 0 Å². The average molecular weight is 327 g/mol. The van der Waals surface area contributed by atoms with Crippen molar-refractivity contribution >= 4 is 34.7 Å². The third-order valence-corrected chi connectivity index (χ3v) is 4.95. The van der Waals surface area contributed by atoms with E-state index >= 15 is 0 Å². The number of fused-ring (bicyclic) bond motifs is 1. The second-order valence-electron chi connectivity index (χ2n) is 5.35. The van der Waals surface area contributed by atoms with Gasteiger partial charge < -0.3 is 4.42 Å². The Balaban J connectivity index is 1.91. The first-order valence-corrected chi connectivity index (χ1v) is 8.48. The predicted molar refractivity (Wildman–Crippen MR) is 90.5 cm³/mol. The van der Waals surface area contributed by atoms with Gasteiger partial charge in [0.05, 0.1) is 17.7 Å². The first-order valence-electron chi connectivity index (χ1n) is 7.60. The van der Waals surface area contributed by atoms with Crippen LogP contribution in [0, 0.1) is 0 Å². The fraction of sp³-hybridized carbons (Fsp3) is 0.278. The molecule has 118 valence electrons. The Morgan fingerprint density at radius 1 is 1.22 bits per heavy atom. The topological polar surface area (TPSA) is 59.6 Å². The minimum atomic E-state index is -0.306. The number of para-hydroxylation sites is 1. The van der Waals surface area contributed by atoms with Crippen LogP contribution in [0.15, 0.2) is 57.0 Å². The van der Waals surface area contributed by atoms with Crippen molar-refractivity contribution in [2.24, 2.45) is 4.99 Å². The summed E-state index contributed by atoms with van der Waals surface area (Å²) in [7, 11) is 0. The van der Waals surface area contributed by atoms with Gasteiger partial charge in [-0.3, -0.25) is 9.59 Å². The number of Topliss-reactive ketones (excluding diaryl/α,β-unsaturated/α-hetero) is 2. The largest absolute Gasteiger partial charge is 0.463 e. The molecule has 0 saturated carbocycles. The number of carbonyl (C=O) groups is 2. The zero-order chi connectivity index (χ0) is 16.2. The van der Waals surface area contributed by atoms with E-state index in [1.807, 2.05) is 36.4 Å².